The van der Waals surface area contributed by atoms with Crippen molar-refractivity contribution < 1.29 is 0 Å². The molecule has 0 atom stereocenters. The molecule has 0 unspecified atom stereocenters. The van der Waals surface area contributed by atoms with Crippen LogP contribution in [0.3, 0.4) is 0 Å². The minimum Gasteiger partial charge on any atom is -0.276 e. The lowest BCUT2D eigenvalue weighted by Gasteiger charge is -1.95. The molecular weight excluding hydrogens is 299 g/mol. The van der Waals surface area contributed by atoms with E-state index in [9.17, 15) is 0 Å². The van der Waals surface area contributed by atoms with Crippen LogP contribution in [0.1, 0.15) is 24.0 Å². The highest BCUT2D eigenvalue weighted by atomic mass is 127. The second-order valence-electron chi connectivity index (χ2n) is 3.48. The number of aromatic nitrogens is 2. The van der Waals surface area contributed by atoms with Crippen molar-refractivity contribution in [2.75, 3.05) is 0 Å². The molecule has 0 bridgehead atoms. The molecule has 1 aromatic heterocycles. The van der Waals surface area contributed by atoms with Crippen LogP contribution in [0.5, 0.6) is 0 Å². The van der Waals surface area contributed by atoms with Crippen molar-refractivity contribution in [2.45, 2.75) is 19.8 Å². The first-order valence-electron chi connectivity index (χ1n) is 5.07. The SMILES string of the molecule is CCc1nc(Cc2ccccc2)cn1I. The van der Waals surface area contributed by atoms with Gasteiger partial charge in [0.1, 0.15) is 5.82 Å². The second-order valence-corrected chi connectivity index (χ2v) is 4.52. The van der Waals surface area contributed by atoms with Crippen molar-refractivity contribution in [3.05, 3.63) is 53.6 Å². The quantitative estimate of drug-likeness (QED) is 0.796. The van der Waals surface area contributed by atoms with Gasteiger partial charge in [-0.05, 0) is 5.56 Å². The molecule has 0 N–H and O–H groups in total. The van der Waals surface area contributed by atoms with E-state index in [0.717, 1.165) is 24.4 Å². The Morgan fingerprint density at radius 1 is 1.27 bits per heavy atom. The molecule has 2 rings (SSSR count). The predicted octanol–water partition coefficient (Wildman–Crippen LogP) is 3.23. The Labute approximate surface area is 104 Å². The summed E-state index contributed by atoms with van der Waals surface area (Å²) in [6, 6.07) is 10.4. The number of hydrogen-bond acceptors (Lipinski definition) is 1. The number of imidazole rings is 1. The maximum atomic E-state index is 4.58. The summed E-state index contributed by atoms with van der Waals surface area (Å²) in [6.45, 7) is 2.13. The fourth-order valence-electron chi connectivity index (χ4n) is 1.57. The summed E-state index contributed by atoms with van der Waals surface area (Å²) in [6.07, 6.45) is 4.01. The molecule has 0 spiro atoms. The summed E-state index contributed by atoms with van der Waals surface area (Å²) >= 11 is 2.28. The molecule has 0 aliphatic carbocycles. The van der Waals surface area contributed by atoms with E-state index in [0.29, 0.717) is 0 Å². The van der Waals surface area contributed by atoms with Gasteiger partial charge in [-0.15, -0.1) is 0 Å². The lowest BCUT2D eigenvalue weighted by Crippen LogP contribution is -1.89. The van der Waals surface area contributed by atoms with Crippen LogP contribution < -0.4 is 0 Å². The van der Waals surface area contributed by atoms with Crippen molar-refractivity contribution in [2.24, 2.45) is 0 Å². The van der Waals surface area contributed by atoms with E-state index in [2.05, 4.69) is 68.0 Å². The molecule has 78 valence electrons. The fourth-order valence-corrected chi connectivity index (χ4v) is 2.34. The summed E-state index contributed by atoms with van der Waals surface area (Å²) in [5.41, 5.74) is 2.46. The Morgan fingerprint density at radius 2 is 2.00 bits per heavy atom. The summed E-state index contributed by atoms with van der Waals surface area (Å²) in [7, 11) is 0. The van der Waals surface area contributed by atoms with Gasteiger partial charge in [-0.2, -0.15) is 0 Å². The highest BCUT2D eigenvalue weighted by molar-refractivity contribution is 14.1. The summed E-state index contributed by atoms with van der Waals surface area (Å²) < 4.78 is 2.08. The molecule has 0 aliphatic rings. The van der Waals surface area contributed by atoms with E-state index in [-0.39, 0.29) is 0 Å². The van der Waals surface area contributed by atoms with Crippen LogP contribution >= 0.6 is 22.9 Å². The van der Waals surface area contributed by atoms with Crippen molar-refractivity contribution in [1.29, 1.82) is 0 Å². The van der Waals surface area contributed by atoms with Gasteiger partial charge in [-0.3, -0.25) is 2.78 Å². The first-order chi connectivity index (χ1) is 7.29. The maximum Gasteiger partial charge on any atom is 0.117 e. The van der Waals surface area contributed by atoms with Gasteiger partial charge >= 0.3 is 0 Å². The molecule has 1 aromatic carbocycles. The number of hydrogen-bond donors (Lipinski definition) is 0. The van der Waals surface area contributed by atoms with Gasteiger partial charge < -0.3 is 0 Å². The van der Waals surface area contributed by atoms with Crippen LogP contribution in [0.25, 0.3) is 0 Å². The van der Waals surface area contributed by atoms with Crippen LogP contribution in [-0.4, -0.2) is 7.76 Å². The van der Waals surface area contributed by atoms with Crippen molar-refractivity contribution in [3.63, 3.8) is 0 Å². The normalized spacial score (nSPS) is 10.5. The van der Waals surface area contributed by atoms with E-state index < -0.39 is 0 Å². The fraction of sp³-hybridized carbons (Fsp3) is 0.250. The highest BCUT2D eigenvalue weighted by Crippen LogP contribution is 2.12. The van der Waals surface area contributed by atoms with E-state index in [1.807, 2.05) is 6.07 Å². The monoisotopic (exact) mass is 312 g/mol. The van der Waals surface area contributed by atoms with E-state index >= 15 is 0 Å². The molecule has 3 heteroatoms. The van der Waals surface area contributed by atoms with Crippen LogP contribution in [0, 0.1) is 0 Å². The smallest absolute Gasteiger partial charge is 0.117 e. The van der Waals surface area contributed by atoms with Gasteiger partial charge in [0.05, 0.1) is 28.6 Å². The zero-order chi connectivity index (χ0) is 10.7. The zero-order valence-electron chi connectivity index (χ0n) is 8.65. The Morgan fingerprint density at radius 3 is 2.60 bits per heavy atom. The minimum absolute atomic E-state index is 0.920. The summed E-state index contributed by atoms with van der Waals surface area (Å²) in [5, 5.41) is 0. The standard InChI is InChI=1S/C12H13IN2/c1-2-12-14-11(9-15(12)13)8-10-6-4-3-5-7-10/h3-7,9H,2,8H2,1H3. The average Bonchev–Trinajstić information content (AvgIpc) is 2.60. The van der Waals surface area contributed by atoms with Gasteiger partial charge in [0.15, 0.2) is 0 Å². The molecule has 0 saturated carbocycles. The first kappa shape index (κ1) is 10.7. The number of aryl methyl sites for hydroxylation is 1. The van der Waals surface area contributed by atoms with E-state index in [1.165, 1.54) is 5.56 Å². The largest absolute Gasteiger partial charge is 0.276 e. The van der Waals surface area contributed by atoms with Gasteiger partial charge in [0.2, 0.25) is 0 Å². The summed E-state index contributed by atoms with van der Waals surface area (Å²) in [5.74, 6) is 1.14. The molecule has 2 aromatic rings. The average molecular weight is 312 g/mol. The van der Waals surface area contributed by atoms with Crippen LogP contribution in [0.15, 0.2) is 36.5 Å². The third-order valence-corrected chi connectivity index (χ3v) is 3.16. The molecule has 15 heavy (non-hydrogen) atoms. The van der Waals surface area contributed by atoms with Gasteiger partial charge in [-0.1, -0.05) is 37.3 Å². The molecule has 1 heterocycles. The molecule has 2 nitrogen and oxygen atoms in total. The number of benzene rings is 1. The van der Waals surface area contributed by atoms with E-state index in [4.69, 9.17) is 0 Å². The van der Waals surface area contributed by atoms with Gasteiger partial charge in [0, 0.05) is 19.0 Å². The van der Waals surface area contributed by atoms with Gasteiger partial charge in [0.25, 0.3) is 0 Å². The summed E-state index contributed by atoms with van der Waals surface area (Å²) in [4.78, 5) is 4.58. The third kappa shape index (κ3) is 2.59. The molecule has 0 radical (unpaired) electrons. The van der Waals surface area contributed by atoms with Gasteiger partial charge in [-0.25, -0.2) is 4.98 Å². The minimum atomic E-state index is 0.920. The van der Waals surface area contributed by atoms with Crippen molar-refractivity contribution in [1.82, 2.24) is 7.76 Å². The highest BCUT2D eigenvalue weighted by Gasteiger charge is 2.04. The molecular formula is C12H13IN2. The Bertz CT molecular complexity index is 434. The number of nitrogens with zero attached hydrogens (tertiary/aromatic N) is 2. The third-order valence-electron chi connectivity index (χ3n) is 2.33. The number of halogens is 1. The second kappa shape index (κ2) is 4.79. The van der Waals surface area contributed by atoms with Crippen molar-refractivity contribution in [3.8, 4) is 0 Å². The van der Waals surface area contributed by atoms with Crippen LogP contribution in [0.4, 0.5) is 0 Å². The Kier molecular flexibility index (Phi) is 3.41. The molecule has 0 aliphatic heterocycles. The van der Waals surface area contributed by atoms with Crippen molar-refractivity contribution >= 4 is 22.9 Å². The van der Waals surface area contributed by atoms with Crippen LogP contribution in [0.2, 0.25) is 0 Å². The lowest BCUT2D eigenvalue weighted by molar-refractivity contribution is 0.962. The molecule has 0 fully saturated rings. The lowest BCUT2D eigenvalue weighted by atomic mass is 10.1. The molecule has 0 saturated heterocycles. The van der Waals surface area contributed by atoms with Crippen LogP contribution in [-0.2, 0) is 12.8 Å². The first-order valence-corrected chi connectivity index (χ1v) is 6.03. The maximum absolute atomic E-state index is 4.58. The molecule has 0 amide bonds. The predicted molar refractivity (Wildman–Crippen MR) is 70.3 cm³/mol. The number of rotatable bonds is 3. The van der Waals surface area contributed by atoms with E-state index in [1.54, 1.807) is 0 Å². The zero-order valence-corrected chi connectivity index (χ0v) is 10.8. The topological polar surface area (TPSA) is 17.8 Å². The Hall–Kier alpha value is -0.840. The Balaban J connectivity index is 2.18.